The van der Waals surface area contributed by atoms with Crippen LogP contribution in [-0.2, 0) is 10.3 Å². The zero-order valence-electron chi connectivity index (χ0n) is 15.8. The van der Waals surface area contributed by atoms with E-state index in [4.69, 9.17) is 17.0 Å². The number of benzene rings is 2. The van der Waals surface area contributed by atoms with E-state index in [9.17, 15) is 4.39 Å². The van der Waals surface area contributed by atoms with Gasteiger partial charge < -0.3 is 10.5 Å². The lowest BCUT2D eigenvalue weighted by Crippen LogP contribution is -2.56. The molecule has 3 rings (SSSR count). The maximum Gasteiger partial charge on any atom is 0.304 e. The van der Waals surface area contributed by atoms with E-state index >= 15 is 8.78 Å². The third kappa shape index (κ3) is 3.04. The molecular formula is C21H20F3N3O. The molecule has 0 fully saturated rings. The van der Waals surface area contributed by atoms with E-state index in [0.717, 1.165) is 13.0 Å². The Bertz CT molecular complexity index is 995. The standard InChI is InChI=1S/C21H20F3N3O/c1-19(2)21(23,24)20(3,27-18(25)12-28-19)16-11-14(8-9-17(16)22)13-6-5-7-15(10-13)26-4/h5-11H,12H2,1-3H3,(H2,25,27)/t20-/m1/s1. The Kier molecular flexibility index (Phi) is 4.72. The minimum absolute atomic E-state index is 0.132. The SMILES string of the molecule is [C-]#[N+]c1cccc(-c2ccc(F)c([C@@]3(C)N=C(N)COC(C)(C)C3(F)F)c2)c1. The van der Waals surface area contributed by atoms with Crippen molar-refractivity contribution in [2.45, 2.75) is 37.8 Å². The summed E-state index contributed by atoms with van der Waals surface area (Å²) in [6.07, 6.45) is 0. The first-order valence-electron chi connectivity index (χ1n) is 8.66. The van der Waals surface area contributed by atoms with Crippen LogP contribution in [0.3, 0.4) is 0 Å². The van der Waals surface area contributed by atoms with E-state index in [-0.39, 0.29) is 18.0 Å². The zero-order chi connectivity index (χ0) is 20.7. The van der Waals surface area contributed by atoms with Crippen LogP contribution in [0.4, 0.5) is 18.9 Å². The Hall–Kier alpha value is -2.85. The fraction of sp³-hybridized carbons (Fsp3) is 0.333. The van der Waals surface area contributed by atoms with Crippen LogP contribution in [0.2, 0.25) is 0 Å². The van der Waals surface area contributed by atoms with Crippen LogP contribution in [0.15, 0.2) is 47.5 Å². The lowest BCUT2D eigenvalue weighted by molar-refractivity contribution is -0.214. The largest absolute Gasteiger partial charge is 0.385 e. The van der Waals surface area contributed by atoms with E-state index in [1.807, 2.05) is 0 Å². The fourth-order valence-electron chi connectivity index (χ4n) is 3.38. The highest BCUT2D eigenvalue weighted by molar-refractivity contribution is 5.82. The number of ether oxygens (including phenoxy) is 1. The van der Waals surface area contributed by atoms with Crippen molar-refractivity contribution < 1.29 is 17.9 Å². The van der Waals surface area contributed by atoms with E-state index in [1.165, 1.54) is 26.0 Å². The molecule has 4 nitrogen and oxygen atoms in total. The predicted octanol–water partition coefficient (Wildman–Crippen LogP) is 5.06. The van der Waals surface area contributed by atoms with Gasteiger partial charge in [0.05, 0.1) is 6.57 Å². The number of alkyl halides is 2. The van der Waals surface area contributed by atoms with Gasteiger partial charge >= 0.3 is 5.92 Å². The first-order chi connectivity index (χ1) is 13.0. The lowest BCUT2D eigenvalue weighted by Gasteiger charge is -2.42. The molecule has 0 aliphatic carbocycles. The van der Waals surface area contributed by atoms with E-state index in [1.54, 1.807) is 24.3 Å². The molecule has 7 heteroatoms. The average molecular weight is 387 g/mol. The van der Waals surface area contributed by atoms with Crippen molar-refractivity contribution in [3.63, 3.8) is 0 Å². The van der Waals surface area contributed by atoms with Crippen molar-refractivity contribution in [2.75, 3.05) is 6.61 Å². The van der Waals surface area contributed by atoms with Crippen LogP contribution < -0.4 is 5.73 Å². The van der Waals surface area contributed by atoms with Gasteiger partial charge in [-0.3, -0.25) is 4.99 Å². The molecule has 2 aromatic rings. The molecule has 0 saturated carbocycles. The van der Waals surface area contributed by atoms with Crippen LogP contribution in [0.25, 0.3) is 16.0 Å². The number of halogens is 3. The van der Waals surface area contributed by atoms with E-state index in [0.29, 0.717) is 16.8 Å². The molecular weight excluding hydrogens is 367 g/mol. The van der Waals surface area contributed by atoms with Gasteiger partial charge in [-0.2, -0.15) is 0 Å². The minimum atomic E-state index is -3.56. The fourth-order valence-corrected chi connectivity index (χ4v) is 3.38. The van der Waals surface area contributed by atoms with Crippen molar-refractivity contribution in [2.24, 2.45) is 10.7 Å². The Morgan fingerprint density at radius 1 is 1.11 bits per heavy atom. The third-order valence-corrected chi connectivity index (χ3v) is 5.12. The summed E-state index contributed by atoms with van der Waals surface area (Å²) in [6.45, 7) is 10.5. The first-order valence-corrected chi connectivity index (χ1v) is 8.66. The van der Waals surface area contributed by atoms with Gasteiger partial charge in [0.15, 0.2) is 11.2 Å². The summed E-state index contributed by atoms with van der Waals surface area (Å²) >= 11 is 0. The molecule has 0 aromatic heterocycles. The second kappa shape index (κ2) is 6.64. The van der Waals surface area contributed by atoms with Gasteiger partial charge in [0, 0.05) is 5.56 Å². The summed E-state index contributed by atoms with van der Waals surface area (Å²) in [6, 6.07) is 10.6. The topological polar surface area (TPSA) is 52.0 Å². The van der Waals surface area contributed by atoms with Crippen molar-refractivity contribution in [1.82, 2.24) is 0 Å². The molecule has 2 aromatic carbocycles. The monoisotopic (exact) mass is 387 g/mol. The number of nitrogens with zero attached hydrogens (tertiary/aromatic N) is 2. The van der Waals surface area contributed by atoms with Crippen LogP contribution in [0.5, 0.6) is 0 Å². The van der Waals surface area contributed by atoms with Gasteiger partial charge in [0.2, 0.25) is 0 Å². The quantitative estimate of drug-likeness (QED) is 0.733. The predicted molar refractivity (Wildman–Crippen MR) is 102 cm³/mol. The number of hydrogen-bond donors (Lipinski definition) is 1. The highest BCUT2D eigenvalue weighted by Gasteiger charge is 2.63. The van der Waals surface area contributed by atoms with Crippen molar-refractivity contribution in [1.29, 1.82) is 0 Å². The molecule has 146 valence electrons. The Morgan fingerprint density at radius 2 is 1.79 bits per heavy atom. The number of amidine groups is 1. The minimum Gasteiger partial charge on any atom is -0.385 e. The highest BCUT2D eigenvalue weighted by atomic mass is 19.3. The summed E-state index contributed by atoms with van der Waals surface area (Å²) in [5.74, 6) is -4.51. The Labute approximate surface area is 161 Å². The second-order valence-corrected chi connectivity index (χ2v) is 7.41. The lowest BCUT2D eigenvalue weighted by atomic mass is 9.77. The van der Waals surface area contributed by atoms with Crippen LogP contribution in [-0.4, -0.2) is 24.0 Å². The Balaban J connectivity index is 2.24. The summed E-state index contributed by atoms with van der Waals surface area (Å²) in [4.78, 5) is 7.35. The number of aliphatic imine (C=N–C) groups is 1. The van der Waals surface area contributed by atoms with Crippen LogP contribution in [0, 0.1) is 12.4 Å². The molecule has 1 aliphatic rings. The van der Waals surface area contributed by atoms with Gasteiger partial charge in [0.25, 0.3) is 0 Å². The highest BCUT2D eigenvalue weighted by Crippen LogP contribution is 2.51. The number of rotatable bonds is 2. The maximum absolute atomic E-state index is 15.5. The van der Waals surface area contributed by atoms with Gasteiger partial charge in [-0.1, -0.05) is 24.3 Å². The molecule has 0 radical (unpaired) electrons. The van der Waals surface area contributed by atoms with E-state index in [2.05, 4.69) is 9.84 Å². The first kappa shape index (κ1) is 19.9. The molecule has 0 spiro atoms. The van der Waals surface area contributed by atoms with Crippen LogP contribution >= 0.6 is 0 Å². The average Bonchev–Trinajstić information content (AvgIpc) is 2.71. The summed E-state index contributed by atoms with van der Waals surface area (Å²) in [7, 11) is 0. The van der Waals surface area contributed by atoms with Crippen molar-refractivity contribution in [3.8, 4) is 11.1 Å². The van der Waals surface area contributed by atoms with Gasteiger partial charge in [-0.15, -0.1) is 0 Å². The zero-order valence-corrected chi connectivity index (χ0v) is 15.8. The Morgan fingerprint density at radius 3 is 2.46 bits per heavy atom. The van der Waals surface area contributed by atoms with E-state index < -0.39 is 22.9 Å². The molecule has 0 bridgehead atoms. The summed E-state index contributed by atoms with van der Waals surface area (Å²) in [5, 5.41) is 0. The van der Waals surface area contributed by atoms with Crippen molar-refractivity contribution >= 4 is 11.5 Å². The molecule has 2 N–H and O–H groups in total. The molecule has 1 atom stereocenters. The summed E-state index contributed by atoms with van der Waals surface area (Å²) < 4.78 is 51.0. The van der Waals surface area contributed by atoms with Gasteiger partial charge in [-0.25, -0.2) is 18.0 Å². The molecule has 28 heavy (non-hydrogen) atoms. The molecule has 0 unspecified atom stereocenters. The van der Waals surface area contributed by atoms with Crippen molar-refractivity contribution in [3.05, 3.63) is 65.3 Å². The number of hydrogen-bond acceptors (Lipinski definition) is 3. The molecule has 1 aliphatic heterocycles. The molecule has 1 heterocycles. The smallest absolute Gasteiger partial charge is 0.304 e. The molecule has 0 amide bonds. The van der Waals surface area contributed by atoms with Gasteiger partial charge in [-0.05, 0) is 50.1 Å². The maximum atomic E-state index is 15.5. The third-order valence-electron chi connectivity index (χ3n) is 5.12. The normalized spacial score (nSPS) is 23.4. The number of nitrogens with two attached hydrogens (primary N) is 1. The molecule has 0 saturated heterocycles. The van der Waals surface area contributed by atoms with Crippen LogP contribution in [0.1, 0.15) is 26.3 Å². The second-order valence-electron chi connectivity index (χ2n) is 7.41. The summed E-state index contributed by atoms with van der Waals surface area (Å²) in [5.41, 5.74) is 2.79. The van der Waals surface area contributed by atoms with Gasteiger partial charge in [0.1, 0.15) is 23.9 Å².